The fraction of sp³-hybridized carbons (Fsp3) is 0.269. The van der Waals surface area contributed by atoms with Crippen LogP contribution < -0.4 is 9.96 Å². The topological polar surface area (TPSA) is 119 Å². The molecule has 2 fully saturated rings. The minimum Gasteiger partial charge on any atom is -0.462 e. The van der Waals surface area contributed by atoms with Gasteiger partial charge in [0.2, 0.25) is 5.91 Å². The molecule has 0 radical (unpaired) electrons. The quantitative estimate of drug-likeness (QED) is 0.177. The van der Waals surface area contributed by atoms with E-state index in [4.69, 9.17) is 21.2 Å². The van der Waals surface area contributed by atoms with Crippen LogP contribution in [0.25, 0.3) is 0 Å². The summed E-state index contributed by atoms with van der Waals surface area (Å²) < 4.78 is 5.20. The van der Waals surface area contributed by atoms with Crippen molar-refractivity contribution in [3.63, 3.8) is 0 Å². The van der Waals surface area contributed by atoms with E-state index in [9.17, 15) is 24.5 Å². The Balaban J connectivity index is 1.62. The predicted molar refractivity (Wildman–Crippen MR) is 140 cm³/mol. The summed E-state index contributed by atoms with van der Waals surface area (Å²) >= 11 is 7.20. The Morgan fingerprint density at radius 3 is 2.53 bits per heavy atom. The number of nitro groups is 1. The van der Waals surface area contributed by atoms with Crippen LogP contribution in [-0.4, -0.2) is 35.4 Å². The standard InChI is InChI=1S/C26H22ClN3O7S/c1-4-36-26(33)19-13(2)14(3)38-25(19)28-23(31)20-21(15-6-5-7-18(12-15)30(34)35)29(37-22(20)24(28)32)17-10-8-16(27)9-11-17/h5-12,20-22H,4H2,1-3H3. The van der Waals surface area contributed by atoms with Crippen LogP contribution in [-0.2, 0) is 19.2 Å². The van der Waals surface area contributed by atoms with Gasteiger partial charge < -0.3 is 4.74 Å². The minimum absolute atomic E-state index is 0.133. The van der Waals surface area contributed by atoms with Crippen molar-refractivity contribution in [3.8, 4) is 0 Å². The number of anilines is 2. The number of carbonyl (C=O) groups excluding carboxylic acids is 3. The van der Waals surface area contributed by atoms with Gasteiger partial charge in [-0.15, -0.1) is 11.3 Å². The number of carbonyl (C=O) groups is 3. The van der Waals surface area contributed by atoms with Crippen molar-refractivity contribution in [2.75, 3.05) is 16.6 Å². The van der Waals surface area contributed by atoms with Crippen molar-refractivity contribution in [2.24, 2.45) is 5.92 Å². The Bertz CT molecular complexity index is 1470. The zero-order chi connectivity index (χ0) is 27.3. The summed E-state index contributed by atoms with van der Waals surface area (Å²) in [6, 6.07) is 11.6. The second-order valence-electron chi connectivity index (χ2n) is 8.85. The molecule has 2 amide bonds. The molecule has 3 heterocycles. The Kier molecular flexibility index (Phi) is 6.68. The fourth-order valence-electron chi connectivity index (χ4n) is 4.80. The number of benzene rings is 2. The fourth-order valence-corrected chi connectivity index (χ4v) is 6.08. The summed E-state index contributed by atoms with van der Waals surface area (Å²) in [4.78, 5) is 59.3. The van der Waals surface area contributed by atoms with Crippen molar-refractivity contribution in [2.45, 2.75) is 32.9 Å². The number of non-ortho nitro benzene ring substituents is 1. The van der Waals surface area contributed by atoms with Crippen LogP contribution in [0.15, 0.2) is 48.5 Å². The molecule has 0 aliphatic carbocycles. The summed E-state index contributed by atoms with van der Waals surface area (Å²) in [7, 11) is 0. The number of nitrogens with zero attached hydrogens (tertiary/aromatic N) is 3. The Hall–Kier alpha value is -3.80. The SMILES string of the molecule is CCOC(=O)c1c(N2C(=O)C3ON(c4ccc(Cl)cc4)C(c4cccc([N+](=O)[O-])c4)C3C2=O)sc(C)c1C. The highest BCUT2D eigenvalue weighted by Gasteiger charge is 2.61. The first-order valence-electron chi connectivity index (χ1n) is 11.7. The number of ether oxygens (including phenoxy) is 1. The number of esters is 1. The number of thiophene rings is 1. The number of hydroxylamine groups is 1. The van der Waals surface area contributed by atoms with Gasteiger partial charge in [0.1, 0.15) is 10.9 Å². The van der Waals surface area contributed by atoms with Gasteiger partial charge in [0.05, 0.1) is 28.8 Å². The predicted octanol–water partition coefficient (Wildman–Crippen LogP) is 5.15. The third kappa shape index (κ3) is 4.12. The zero-order valence-electron chi connectivity index (χ0n) is 20.5. The van der Waals surface area contributed by atoms with Gasteiger partial charge in [-0.1, -0.05) is 23.7 Å². The number of imide groups is 1. The van der Waals surface area contributed by atoms with E-state index < -0.39 is 40.8 Å². The average Bonchev–Trinajstić information content (AvgIpc) is 3.50. The van der Waals surface area contributed by atoms with Crippen LogP contribution >= 0.6 is 22.9 Å². The van der Waals surface area contributed by atoms with Gasteiger partial charge in [0, 0.05) is 22.0 Å². The van der Waals surface area contributed by atoms with Gasteiger partial charge in [0.15, 0.2) is 6.10 Å². The van der Waals surface area contributed by atoms with E-state index >= 15 is 0 Å². The van der Waals surface area contributed by atoms with Crippen molar-refractivity contribution < 1.29 is 28.9 Å². The molecule has 1 aromatic heterocycles. The van der Waals surface area contributed by atoms with E-state index in [1.165, 1.54) is 23.3 Å². The van der Waals surface area contributed by atoms with E-state index in [0.717, 1.165) is 21.1 Å². The van der Waals surface area contributed by atoms with Crippen molar-refractivity contribution in [3.05, 3.63) is 85.2 Å². The summed E-state index contributed by atoms with van der Waals surface area (Å²) in [6.07, 6.45) is -1.21. The van der Waals surface area contributed by atoms with Crippen molar-refractivity contribution in [1.29, 1.82) is 0 Å². The lowest BCUT2D eigenvalue weighted by atomic mass is 9.90. The number of hydrogen-bond donors (Lipinski definition) is 0. The lowest BCUT2D eigenvalue weighted by Gasteiger charge is -2.28. The molecule has 196 valence electrons. The van der Waals surface area contributed by atoms with Gasteiger partial charge in [0.25, 0.3) is 11.6 Å². The first-order valence-corrected chi connectivity index (χ1v) is 12.9. The van der Waals surface area contributed by atoms with E-state index in [-0.39, 0.29) is 22.9 Å². The van der Waals surface area contributed by atoms with E-state index in [0.29, 0.717) is 21.8 Å². The van der Waals surface area contributed by atoms with Gasteiger partial charge >= 0.3 is 5.97 Å². The van der Waals surface area contributed by atoms with E-state index in [1.807, 2.05) is 0 Å². The molecule has 10 nitrogen and oxygen atoms in total. The summed E-state index contributed by atoms with van der Waals surface area (Å²) in [5, 5.41) is 13.6. The number of fused-ring (bicyclic) bond motifs is 1. The molecule has 12 heteroatoms. The molecule has 0 saturated carbocycles. The average molecular weight is 556 g/mol. The number of aryl methyl sites for hydroxylation is 1. The van der Waals surface area contributed by atoms with Crippen LogP contribution in [0, 0.1) is 29.9 Å². The van der Waals surface area contributed by atoms with Crippen LogP contribution in [0.2, 0.25) is 5.02 Å². The van der Waals surface area contributed by atoms with Gasteiger partial charge in [-0.05, 0) is 56.2 Å². The molecule has 5 rings (SSSR count). The smallest absolute Gasteiger partial charge is 0.341 e. The monoisotopic (exact) mass is 555 g/mol. The van der Waals surface area contributed by atoms with Crippen molar-refractivity contribution in [1.82, 2.24) is 0 Å². The second kappa shape index (κ2) is 9.82. The minimum atomic E-state index is -1.21. The normalized spacial score (nSPS) is 20.7. The first-order chi connectivity index (χ1) is 18.1. The molecule has 2 aliphatic heterocycles. The van der Waals surface area contributed by atoms with Gasteiger partial charge in [-0.2, -0.15) is 0 Å². The number of nitro benzene ring substituents is 1. The molecule has 0 bridgehead atoms. The van der Waals surface area contributed by atoms with Crippen LogP contribution in [0.3, 0.4) is 0 Å². The Labute approximate surface area is 226 Å². The number of hydrogen-bond acceptors (Lipinski definition) is 9. The van der Waals surface area contributed by atoms with Crippen molar-refractivity contribution >= 4 is 57.1 Å². The van der Waals surface area contributed by atoms with Crippen LogP contribution in [0.1, 0.15) is 39.3 Å². The maximum absolute atomic E-state index is 14.0. The van der Waals surface area contributed by atoms with Gasteiger partial charge in [-0.3, -0.25) is 24.5 Å². The molecular formula is C26H22ClN3O7S. The number of halogens is 1. The molecule has 0 N–H and O–H groups in total. The largest absolute Gasteiger partial charge is 0.462 e. The zero-order valence-corrected chi connectivity index (χ0v) is 22.1. The first kappa shape index (κ1) is 25.8. The van der Waals surface area contributed by atoms with Crippen LogP contribution in [0.5, 0.6) is 0 Å². The molecule has 0 spiro atoms. The van der Waals surface area contributed by atoms with Gasteiger partial charge in [-0.25, -0.2) is 14.8 Å². The summed E-state index contributed by atoms with van der Waals surface area (Å²) in [5.74, 6) is -2.85. The van der Waals surface area contributed by atoms with E-state index in [1.54, 1.807) is 51.1 Å². The molecule has 2 aromatic carbocycles. The maximum Gasteiger partial charge on any atom is 0.341 e. The van der Waals surface area contributed by atoms with E-state index in [2.05, 4.69) is 0 Å². The third-order valence-electron chi connectivity index (χ3n) is 6.67. The summed E-state index contributed by atoms with van der Waals surface area (Å²) in [5.41, 5.74) is 1.57. The molecule has 3 aromatic rings. The lowest BCUT2D eigenvalue weighted by Crippen LogP contribution is -2.37. The highest BCUT2D eigenvalue weighted by atomic mass is 35.5. The third-order valence-corrected chi connectivity index (χ3v) is 8.11. The Morgan fingerprint density at radius 1 is 1.16 bits per heavy atom. The second-order valence-corrected chi connectivity index (χ2v) is 10.5. The number of amides is 2. The molecule has 3 unspecified atom stereocenters. The highest BCUT2D eigenvalue weighted by molar-refractivity contribution is 7.17. The Morgan fingerprint density at radius 2 is 1.87 bits per heavy atom. The molecule has 2 aliphatic rings. The highest BCUT2D eigenvalue weighted by Crippen LogP contribution is 2.50. The lowest BCUT2D eigenvalue weighted by molar-refractivity contribution is -0.384. The number of rotatable bonds is 6. The molecule has 38 heavy (non-hydrogen) atoms. The molecule has 2 saturated heterocycles. The molecular weight excluding hydrogens is 534 g/mol. The van der Waals surface area contributed by atoms with Crippen LogP contribution in [0.4, 0.5) is 16.4 Å². The maximum atomic E-state index is 14.0. The summed E-state index contributed by atoms with van der Waals surface area (Å²) in [6.45, 7) is 5.33. The molecule has 3 atom stereocenters.